The summed E-state index contributed by atoms with van der Waals surface area (Å²) >= 11 is 1.81. The van der Waals surface area contributed by atoms with E-state index in [-0.39, 0.29) is 12.1 Å². The van der Waals surface area contributed by atoms with Gasteiger partial charge in [-0.15, -0.1) is 11.8 Å². The summed E-state index contributed by atoms with van der Waals surface area (Å²) in [6, 6.07) is 16.4. The Morgan fingerprint density at radius 1 is 1.17 bits per heavy atom. The Morgan fingerprint density at radius 2 is 1.91 bits per heavy atom. The lowest BCUT2D eigenvalue weighted by Crippen LogP contribution is -2.30. The topological polar surface area (TPSA) is 38.3 Å². The van der Waals surface area contributed by atoms with Gasteiger partial charge in [-0.2, -0.15) is 0 Å². The van der Waals surface area contributed by atoms with Gasteiger partial charge in [0.05, 0.1) is 12.6 Å². The number of ether oxygens (including phenoxy) is 1. The second-order valence-corrected chi connectivity index (χ2v) is 6.61. The van der Waals surface area contributed by atoms with Crippen LogP contribution < -0.4 is 5.32 Å². The summed E-state index contributed by atoms with van der Waals surface area (Å²) < 4.78 is 5.30. The predicted octanol–water partition coefficient (Wildman–Crippen LogP) is 4.91. The number of carbonyl (C=O) groups is 1. The van der Waals surface area contributed by atoms with Crippen molar-refractivity contribution < 1.29 is 9.53 Å². The van der Waals surface area contributed by atoms with Gasteiger partial charge in [0, 0.05) is 10.6 Å². The van der Waals surface area contributed by atoms with Gasteiger partial charge in [0.25, 0.3) is 0 Å². The zero-order valence-electron chi connectivity index (χ0n) is 13.2. The monoisotopic (exact) mass is 327 g/mol. The molecule has 120 valence electrons. The Labute approximate surface area is 141 Å². The SMILES string of the molecule is CCCCOC(=O)N[C@@H]1c2ccccc2CSc2ccccc21. The number of benzene rings is 2. The minimum Gasteiger partial charge on any atom is -0.450 e. The summed E-state index contributed by atoms with van der Waals surface area (Å²) in [5.41, 5.74) is 3.54. The third-order valence-electron chi connectivity index (χ3n) is 3.97. The molecule has 0 saturated heterocycles. The molecule has 1 amide bonds. The Hall–Kier alpha value is -1.94. The molecule has 23 heavy (non-hydrogen) atoms. The molecular formula is C19H21NO2S. The van der Waals surface area contributed by atoms with E-state index in [9.17, 15) is 4.79 Å². The zero-order valence-corrected chi connectivity index (χ0v) is 14.1. The number of carbonyl (C=O) groups excluding carboxylic acids is 1. The number of rotatable bonds is 4. The quantitative estimate of drug-likeness (QED) is 0.811. The van der Waals surface area contributed by atoms with Crippen LogP contribution in [0.3, 0.4) is 0 Å². The minimum absolute atomic E-state index is 0.161. The van der Waals surface area contributed by atoms with Crippen LogP contribution in [0, 0.1) is 0 Å². The van der Waals surface area contributed by atoms with Crippen LogP contribution in [0.15, 0.2) is 53.4 Å². The van der Waals surface area contributed by atoms with Gasteiger partial charge in [-0.05, 0) is 29.2 Å². The van der Waals surface area contributed by atoms with Crippen LogP contribution in [0.4, 0.5) is 4.79 Å². The van der Waals surface area contributed by atoms with Crippen molar-refractivity contribution in [3.05, 3.63) is 65.2 Å². The molecule has 2 aromatic rings. The first-order chi connectivity index (χ1) is 11.3. The van der Waals surface area contributed by atoms with Crippen molar-refractivity contribution in [1.82, 2.24) is 5.32 Å². The van der Waals surface area contributed by atoms with Gasteiger partial charge in [0.2, 0.25) is 0 Å². The summed E-state index contributed by atoms with van der Waals surface area (Å²) in [6.07, 6.45) is 1.56. The third-order valence-corrected chi connectivity index (χ3v) is 5.11. The molecule has 0 radical (unpaired) electrons. The maximum atomic E-state index is 12.2. The van der Waals surface area contributed by atoms with Crippen LogP contribution in [-0.4, -0.2) is 12.7 Å². The second kappa shape index (κ2) is 7.55. The van der Waals surface area contributed by atoms with E-state index in [0.717, 1.165) is 29.7 Å². The molecule has 0 spiro atoms. The molecule has 0 bridgehead atoms. The highest BCUT2D eigenvalue weighted by molar-refractivity contribution is 7.98. The maximum Gasteiger partial charge on any atom is 0.407 e. The molecule has 1 heterocycles. The number of fused-ring (bicyclic) bond motifs is 2. The molecule has 3 nitrogen and oxygen atoms in total. The van der Waals surface area contributed by atoms with Crippen LogP contribution in [0.1, 0.15) is 42.5 Å². The van der Waals surface area contributed by atoms with Crippen LogP contribution in [0.5, 0.6) is 0 Å². The first kappa shape index (κ1) is 15.9. The number of alkyl carbamates (subject to hydrolysis) is 1. The van der Waals surface area contributed by atoms with E-state index in [1.165, 1.54) is 10.5 Å². The van der Waals surface area contributed by atoms with Crippen molar-refractivity contribution >= 4 is 17.9 Å². The fraction of sp³-hybridized carbons (Fsp3) is 0.316. The molecule has 0 fully saturated rings. The zero-order chi connectivity index (χ0) is 16.1. The van der Waals surface area contributed by atoms with E-state index in [4.69, 9.17) is 4.74 Å². The maximum absolute atomic E-state index is 12.2. The van der Waals surface area contributed by atoms with Crippen molar-refractivity contribution in [2.45, 2.75) is 36.5 Å². The fourth-order valence-electron chi connectivity index (χ4n) is 2.74. The molecule has 0 saturated carbocycles. The number of amides is 1. The van der Waals surface area contributed by atoms with E-state index < -0.39 is 0 Å². The highest BCUT2D eigenvalue weighted by Gasteiger charge is 2.25. The largest absolute Gasteiger partial charge is 0.450 e. The van der Waals surface area contributed by atoms with Gasteiger partial charge in [0.1, 0.15) is 0 Å². The van der Waals surface area contributed by atoms with Gasteiger partial charge in [-0.25, -0.2) is 4.79 Å². The summed E-state index contributed by atoms with van der Waals surface area (Å²) in [7, 11) is 0. The molecule has 2 aromatic carbocycles. The van der Waals surface area contributed by atoms with Crippen molar-refractivity contribution in [1.29, 1.82) is 0 Å². The normalized spacial score (nSPS) is 16.0. The summed E-state index contributed by atoms with van der Waals surface area (Å²) in [4.78, 5) is 13.4. The molecule has 1 aliphatic rings. The van der Waals surface area contributed by atoms with Crippen molar-refractivity contribution in [2.75, 3.05) is 6.61 Å². The summed E-state index contributed by atoms with van der Waals surface area (Å²) in [5, 5.41) is 3.06. The Morgan fingerprint density at radius 3 is 2.74 bits per heavy atom. The van der Waals surface area contributed by atoms with Crippen LogP contribution in [0.2, 0.25) is 0 Å². The van der Waals surface area contributed by atoms with E-state index >= 15 is 0 Å². The fourth-order valence-corrected chi connectivity index (χ4v) is 3.85. The lowest BCUT2D eigenvalue weighted by molar-refractivity contribution is 0.142. The molecule has 3 rings (SSSR count). The highest BCUT2D eigenvalue weighted by atomic mass is 32.2. The van der Waals surface area contributed by atoms with Gasteiger partial charge in [-0.1, -0.05) is 55.8 Å². The number of unbranched alkanes of at least 4 members (excludes halogenated alkanes) is 1. The lowest BCUT2D eigenvalue weighted by Gasteiger charge is -2.21. The van der Waals surface area contributed by atoms with E-state index in [1.54, 1.807) is 0 Å². The number of thioether (sulfide) groups is 1. The average molecular weight is 327 g/mol. The molecular weight excluding hydrogens is 306 g/mol. The van der Waals surface area contributed by atoms with E-state index in [1.807, 2.05) is 36.0 Å². The average Bonchev–Trinajstić information content (AvgIpc) is 2.73. The van der Waals surface area contributed by atoms with Gasteiger partial charge < -0.3 is 10.1 Å². The molecule has 0 unspecified atom stereocenters. The van der Waals surface area contributed by atoms with E-state index in [0.29, 0.717) is 6.61 Å². The van der Waals surface area contributed by atoms with Crippen LogP contribution >= 0.6 is 11.8 Å². The number of nitrogens with one attached hydrogen (secondary N) is 1. The third kappa shape index (κ3) is 3.70. The molecule has 0 aliphatic carbocycles. The van der Waals surface area contributed by atoms with E-state index in [2.05, 4.69) is 36.5 Å². The minimum atomic E-state index is -0.347. The van der Waals surface area contributed by atoms with Crippen LogP contribution in [-0.2, 0) is 10.5 Å². The number of hydrogen-bond acceptors (Lipinski definition) is 3. The molecule has 1 atom stereocenters. The van der Waals surface area contributed by atoms with Crippen molar-refractivity contribution in [3.63, 3.8) is 0 Å². The molecule has 1 aliphatic heterocycles. The van der Waals surface area contributed by atoms with Gasteiger partial charge in [0.15, 0.2) is 0 Å². The molecule has 1 N–H and O–H groups in total. The predicted molar refractivity (Wildman–Crippen MR) is 93.7 cm³/mol. The first-order valence-electron chi connectivity index (χ1n) is 8.02. The standard InChI is InChI=1S/C19H21NO2S/c1-2-3-12-22-19(21)20-18-15-9-5-4-8-14(15)13-23-17-11-7-6-10-16(17)18/h4-11,18H,2-3,12-13H2,1H3,(H,20,21)/t18-/m1/s1. The highest BCUT2D eigenvalue weighted by Crippen LogP contribution is 2.39. The van der Waals surface area contributed by atoms with Crippen molar-refractivity contribution in [2.24, 2.45) is 0 Å². The lowest BCUT2D eigenvalue weighted by atomic mass is 9.95. The van der Waals surface area contributed by atoms with Crippen LogP contribution in [0.25, 0.3) is 0 Å². The smallest absolute Gasteiger partial charge is 0.407 e. The molecule has 0 aromatic heterocycles. The number of hydrogen-bond donors (Lipinski definition) is 1. The second-order valence-electron chi connectivity index (χ2n) is 5.59. The van der Waals surface area contributed by atoms with Gasteiger partial charge in [-0.3, -0.25) is 0 Å². The Balaban J connectivity index is 1.89. The Kier molecular flexibility index (Phi) is 5.23. The summed E-state index contributed by atoms with van der Waals surface area (Å²) in [6.45, 7) is 2.55. The Bertz CT molecular complexity index is 639. The van der Waals surface area contributed by atoms with Gasteiger partial charge >= 0.3 is 6.09 Å². The molecule has 4 heteroatoms. The summed E-state index contributed by atoms with van der Waals surface area (Å²) in [5.74, 6) is 0.913. The first-order valence-corrected chi connectivity index (χ1v) is 9.01. The van der Waals surface area contributed by atoms with Crippen molar-refractivity contribution in [3.8, 4) is 0 Å².